The van der Waals surface area contributed by atoms with Crippen LogP contribution >= 0.6 is 0 Å². The highest BCUT2D eigenvalue weighted by Gasteiger charge is 2.18. The Kier molecular flexibility index (Phi) is 5.52. The zero-order valence-corrected chi connectivity index (χ0v) is 13.4. The summed E-state index contributed by atoms with van der Waals surface area (Å²) < 4.78 is 0. The number of rotatable bonds is 6. The quantitative estimate of drug-likeness (QED) is 0.862. The van der Waals surface area contributed by atoms with Gasteiger partial charge in [0.25, 0.3) is 0 Å². The lowest BCUT2D eigenvalue weighted by atomic mass is 10.1. The van der Waals surface area contributed by atoms with Crippen LogP contribution in [0.3, 0.4) is 0 Å². The molecule has 0 saturated carbocycles. The third-order valence-electron chi connectivity index (χ3n) is 3.99. The van der Waals surface area contributed by atoms with Crippen LogP contribution in [0.1, 0.15) is 20.3 Å². The summed E-state index contributed by atoms with van der Waals surface area (Å²) in [6, 6.07) is 13.6. The number of aliphatic hydroxyl groups is 1. The predicted octanol–water partition coefficient (Wildman–Crippen LogP) is 2.87. The van der Waals surface area contributed by atoms with Crippen LogP contribution in [-0.2, 0) is 4.79 Å². The van der Waals surface area contributed by atoms with Gasteiger partial charge in [-0.25, -0.2) is 0 Å². The van der Waals surface area contributed by atoms with Crippen molar-refractivity contribution >= 4 is 22.4 Å². The van der Waals surface area contributed by atoms with Gasteiger partial charge in [-0.1, -0.05) is 36.4 Å². The van der Waals surface area contributed by atoms with E-state index in [0.29, 0.717) is 13.0 Å². The summed E-state index contributed by atoms with van der Waals surface area (Å²) in [7, 11) is 1.90. The molecule has 0 saturated heterocycles. The smallest absolute Gasteiger partial charge is 0.241 e. The first-order chi connectivity index (χ1) is 10.5. The standard InChI is InChI=1S/C18H24N2O2/c1-13(21)11-12-20(3)14(2)18(22)19-17-10-6-8-15-7-4-5-9-16(15)17/h4-10,13-14,21H,11-12H2,1-3H3,(H,19,22). The largest absolute Gasteiger partial charge is 0.393 e. The van der Waals surface area contributed by atoms with E-state index in [1.54, 1.807) is 6.92 Å². The van der Waals surface area contributed by atoms with Gasteiger partial charge in [0, 0.05) is 17.6 Å². The minimum Gasteiger partial charge on any atom is -0.393 e. The van der Waals surface area contributed by atoms with E-state index < -0.39 is 0 Å². The van der Waals surface area contributed by atoms with E-state index in [4.69, 9.17) is 0 Å². The predicted molar refractivity (Wildman–Crippen MR) is 91.0 cm³/mol. The third-order valence-corrected chi connectivity index (χ3v) is 3.99. The van der Waals surface area contributed by atoms with Crippen LogP contribution in [0.15, 0.2) is 42.5 Å². The molecule has 1 amide bonds. The fourth-order valence-corrected chi connectivity index (χ4v) is 2.36. The fourth-order valence-electron chi connectivity index (χ4n) is 2.36. The van der Waals surface area contributed by atoms with Crippen LogP contribution in [0.25, 0.3) is 10.8 Å². The highest BCUT2D eigenvalue weighted by atomic mass is 16.3. The topological polar surface area (TPSA) is 52.6 Å². The molecule has 22 heavy (non-hydrogen) atoms. The number of hydrogen-bond acceptors (Lipinski definition) is 3. The zero-order valence-electron chi connectivity index (χ0n) is 13.4. The molecule has 0 spiro atoms. The summed E-state index contributed by atoms with van der Waals surface area (Å²) in [6.45, 7) is 4.32. The molecule has 0 aliphatic heterocycles. The Morgan fingerprint density at radius 3 is 2.59 bits per heavy atom. The zero-order chi connectivity index (χ0) is 16.1. The van der Waals surface area contributed by atoms with Crippen molar-refractivity contribution in [3.63, 3.8) is 0 Å². The van der Waals surface area contributed by atoms with E-state index in [9.17, 15) is 9.90 Å². The second kappa shape index (κ2) is 7.38. The summed E-state index contributed by atoms with van der Waals surface area (Å²) in [5.74, 6) is -0.0376. The second-order valence-corrected chi connectivity index (χ2v) is 5.81. The maximum Gasteiger partial charge on any atom is 0.241 e. The molecule has 2 aromatic carbocycles. The minimum atomic E-state index is -0.351. The Labute approximate surface area is 131 Å². The van der Waals surface area contributed by atoms with Crippen molar-refractivity contribution in [1.82, 2.24) is 4.90 Å². The fraction of sp³-hybridized carbons (Fsp3) is 0.389. The molecule has 0 aliphatic rings. The van der Waals surface area contributed by atoms with Gasteiger partial charge in [-0.15, -0.1) is 0 Å². The summed E-state index contributed by atoms with van der Waals surface area (Å²) in [6.07, 6.45) is 0.304. The molecule has 0 aromatic heterocycles. The van der Waals surface area contributed by atoms with Crippen LogP contribution in [0.2, 0.25) is 0 Å². The van der Waals surface area contributed by atoms with Gasteiger partial charge in [-0.3, -0.25) is 9.69 Å². The van der Waals surface area contributed by atoms with Crippen molar-refractivity contribution in [3.05, 3.63) is 42.5 Å². The van der Waals surface area contributed by atoms with Crippen molar-refractivity contribution in [2.24, 2.45) is 0 Å². The number of nitrogens with zero attached hydrogens (tertiary/aromatic N) is 1. The number of carbonyl (C=O) groups excluding carboxylic acids is 1. The average molecular weight is 300 g/mol. The van der Waals surface area contributed by atoms with Crippen molar-refractivity contribution in [1.29, 1.82) is 0 Å². The van der Waals surface area contributed by atoms with Gasteiger partial charge in [0.1, 0.15) is 0 Å². The van der Waals surface area contributed by atoms with Gasteiger partial charge in [0.2, 0.25) is 5.91 Å². The summed E-state index contributed by atoms with van der Waals surface area (Å²) in [5, 5.41) is 14.5. The molecule has 0 aliphatic carbocycles. The van der Waals surface area contributed by atoms with Gasteiger partial charge in [-0.05, 0) is 38.8 Å². The van der Waals surface area contributed by atoms with Crippen LogP contribution < -0.4 is 5.32 Å². The lowest BCUT2D eigenvalue weighted by Gasteiger charge is -2.24. The van der Waals surface area contributed by atoms with Gasteiger partial charge < -0.3 is 10.4 Å². The van der Waals surface area contributed by atoms with Crippen LogP contribution in [0, 0.1) is 0 Å². The number of amides is 1. The first-order valence-electron chi connectivity index (χ1n) is 7.66. The maximum atomic E-state index is 12.4. The first-order valence-corrected chi connectivity index (χ1v) is 7.66. The molecule has 2 unspecified atom stereocenters. The van der Waals surface area contributed by atoms with E-state index >= 15 is 0 Å². The lowest BCUT2D eigenvalue weighted by Crippen LogP contribution is -2.40. The number of fused-ring (bicyclic) bond motifs is 1. The van der Waals surface area contributed by atoms with Crippen LogP contribution in [0.5, 0.6) is 0 Å². The van der Waals surface area contributed by atoms with E-state index in [-0.39, 0.29) is 18.1 Å². The molecule has 2 rings (SSSR count). The maximum absolute atomic E-state index is 12.4. The number of hydrogen-bond donors (Lipinski definition) is 2. The highest BCUT2D eigenvalue weighted by Crippen LogP contribution is 2.23. The van der Waals surface area contributed by atoms with Crippen LogP contribution in [-0.4, -0.2) is 41.7 Å². The molecule has 2 aromatic rings. The Morgan fingerprint density at radius 1 is 1.18 bits per heavy atom. The Balaban J connectivity index is 2.07. The van der Waals surface area contributed by atoms with Gasteiger partial charge in [-0.2, -0.15) is 0 Å². The average Bonchev–Trinajstić information content (AvgIpc) is 2.52. The van der Waals surface area contributed by atoms with Crippen LogP contribution in [0.4, 0.5) is 5.69 Å². The lowest BCUT2D eigenvalue weighted by molar-refractivity contribution is -0.120. The van der Waals surface area contributed by atoms with Crippen molar-refractivity contribution in [3.8, 4) is 0 Å². The number of likely N-dealkylation sites (N-methyl/N-ethyl adjacent to an activating group) is 1. The van der Waals surface area contributed by atoms with Crippen molar-refractivity contribution < 1.29 is 9.90 Å². The molecular formula is C18H24N2O2. The van der Waals surface area contributed by atoms with E-state index in [1.807, 2.05) is 61.3 Å². The second-order valence-electron chi connectivity index (χ2n) is 5.81. The number of aliphatic hydroxyl groups excluding tert-OH is 1. The molecule has 0 bridgehead atoms. The first kappa shape index (κ1) is 16.5. The molecule has 0 radical (unpaired) electrons. The molecule has 4 heteroatoms. The number of nitrogens with one attached hydrogen (secondary N) is 1. The number of anilines is 1. The SMILES string of the molecule is CC(O)CCN(C)C(C)C(=O)Nc1cccc2ccccc12. The monoisotopic (exact) mass is 300 g/mol. The summed E-state index contributed by atoms with van der Waals surface area (Å²) in [5.41, 5.74) is 0.832. The Morgan fingerprint density at radius 2 is 1.86 bits per heavy atom. The number of benzene rings is 2. The van der Waals surface area contributed by atoms with Gasteiger partial charge >= 0.3 is 0 Å². The van der Waals surface area contributed by atoms with E-state index in [0.717, 1.165) is 16.5 Å². The van der Waals surface area contributed by atoms with E-state index in [1.165, 1.54) is 0 Å². The molecule has 2 N–H and O–H groups in total. The Bertz CT molecular complexity index is 635. The summed E-state index contributed by atoms with van der Waals surface area (Å²) >= 11 is 0. The Hall–Kier alpha value is -1.91. The van der Waals surface area contributed by atoms with Gasteiger partial charge in [0.15, 0.2) is 0 Å². The van der Waals surface area contributed by atoms with E-state index in [2.05, 4.69) is 5.32 Å². The molecular weight excluding hydrogens is 276 g/mol. The summed E-state index contributed by atoms with van der Waals surface area (Å²) in [4.78, 5) is 14.4. The molecule has 0 fully saturated rings. The highest BCUT2D eigenvalue weighted by molar-refractivity contribution is 6.03. The number of carbonyl (C=O) groups is 1. The van der Waals surface area contributed by atoms with Crippen molar-refractivity contribution in [2.45, 2.75) is 32.4 Å². The normalized spacial score (nSPS) is 14.0. The molecule has 0 heterocycles. The molecule has 4 nitrogen and oxygen atoms in total. The molecule has 2 atom stereocenters. The minimum absolute atomic E-state index is 0.0376. The van der Waals surface area contributed by atoms with Gasteiger partial charge in [0.05, 0.1) is 12.1 Å². The molecule has 118 valence electrons. The third kappa shape index (κ3) is 4.06. The van der Waals surface area contributed by atoms with Crippen molar-refractivity contribution in [2.75, 3.05) is 18.9 Å².